The highest BCUT2D eigenvalue weighted by Gasteiger charge is 2.35. The lowest BCUT2D eigenvalue weighted by Crippen LogP contribution is -2.48. The smallest absolute Gasteiger partial charge is 0.282 e. The molecule has 0 spiro atoms. The Bertz CT molecular complexity index is 1310. The minimum Gasteiger partial charge on any atom is -0.381 e. The van der Waals surface area contributed by atoms with Crippen molar-refractivity contribution in [1.29, 1.82) is 0 Å². The average molecular weight is 583 g/mol. The normalized spacial score (nSPS) is 20.8. The van der Waals surface area contributed by atoms with Crippen molar-refractivity contribution in [3.05, 3.63) is 52.2 Å². The zero-order valence-corrected chi connectivity index (χ0v) is 23.8. The van der Waals surface area contributed by atoms with Crippen LogP contribution in [-0.4, -0.2) is 76.9 Å². The van der Waals surface area contributed by atoms with Gasteiger partial charge in [0.25, 0.3) is 5.91 Å². The lowest BCUT2D eigenvalue weighted by Gasteiger charge is -2.37. The van der Waals surface area contributed by atoms with Gasteiger partial charge in [-0.25, -0.2) is 9.97 Å². The van der Waals surface area contributed by atoms with E-state index in [9.17, 15) is 14.7 Å². The minimum atomic E-state index is -0.515. The highest BCUT2D eigenvalue weighted by atomic mass is 32.1. The van der Waals surface area contributed by atoms with E-state index in [2.05, 4.69) is 50.2 Å². The molecule has 6 rings (SSSR count). The number of aliphatic hydroxyl groups is 1. The monoisotopic (exact) mass is 582 g/mol. The van der Waals surface area contributed by atoms with Gasteiger partial charge in [0.1, 0.15) is 11.2 Å². The van der Waals surface area contributed by atoms with Crippen LogP contribution in [0, 0.1) is 5.92 Å². The summed E-state index contributed by atoms with van der Waals surface area (Å²) in [5.41, 5.74) is 2.22. The number of ether oxygens (including phenoxy) is 1. The Kier molecular flexibility index (Phi) is 8.51. The minimum absolute atomic E-state index is 0.0700. The molecule has 2 amide bonds. The molecule has 3 fully saturated rings. The predicted molar refractivity (Wildman–Crippen MR) is 154 cm³/mol. The molecule has 0 aliphatic carbocycles. The zero-order valence-electron chi connectivity index (χ0n) is 22.2. The molecule has 3 saturated heterocycles. The number of carbonyl (C=O) groups is 2. The first-order valence-corrected chi connectivity index (χ1v) is 15.5. The molecule has 3 aromatic rings. The number of carbonyl (C=O) groups excluding carboxylic acids is 2. The number of benzene rings is 1. The Balaban J connectivity index is 0.975. The third-order valence-electron chi connectivity index (χ3n) is 7.82. The fraction of sp³-hybridized carbons (Fsp3) is 0.500. The molecule has 1 aromatic carbocycles. The molecule has 0 saturated carbocycles. The Morgan fingerprint density at radius 2 is 1.90 bits per heavy atom. The van der Waals surface area contributed by atoms with Crippen molar-refractivity contribution in [1.82, 2.24) is 25.5 Å². The first kappa shape index (κ1) is 27.4. The predicted octanol–water partition coefficient (Wildman–Crippen LogP) is 3.03. The second-order valence-electron chi connectivity index (χ2n) is 10.6. The van der Waals surface area contributed by atoms with Crippen molar-refractivity contribution in [2.75, 3.05) is 38.2 Å². The van der Waals surface area contributed by atoms with Gasteiger partial charge in [-0.2, -0.15) is 0 Å². The van der Waals surface area contributed by atoms with Crippen molar-refractivity contribution in [2.45, 2.75) is 50.4 Å². The number of aromatic nitrogens is 2. The van der Waals surface area contributed by atoms with Gasteiger partial charge >= 0.3 is 0 Å². The van der Waals surface area contributed by atoms with E-state index >= 15 is 0 Å². The van der Waals surface area contributed by atoms with Gasteiger partial charge in [0, 0.05) is 50.9 Å². The third kappa shape index (κ3) is 6.27. The maximum atomic E-state index is 12.9. The molecule has 0 radical (unpaired) electrons. The molecule has 2 aromatic heterocycles. The summed E-state index contributed by atoms with van der Waals surface area (Å²) in [6.07, 6.45) is 6.55. The number of hydrogen-bond donors (Lipinski definition) is 4. The number of amides is 2. The summed E-state index contributed by atoms with van der Waals surface area (Å²) < 4.78 is 5.38. The van der Waals surface area contributed by atoms with Crippen LogP contribution in [-0.2, 0) is 16.1 Å². The van der Waals surface area contributed by atoms with Crippen LogP contribution in [0.15, 0.2) is 36.7 Å². The van der Waals surface area contributed by atoms with E-state index in [1.54, 1.807) is 22.4 Å². The number of hydrogen-bond acceptors (Lipinski definition) is 10. The average Bonchev–Trinajstić information content (AvgIpc) is 3.74. The van der Waals surface area contributed by atoms with Crippen LogP contribution in [0.1, 0.15) is 52.0 Å². The fourth-order valence-corrected chi connectivity index (χ4v) is 7.09. The molecule has 3 aliphatic rings. The van der Waals surface area contributed by atoms with Gasteiger partial charge in [0.15, 0.2) is 5.01 Å². The molecule has 3 aliphatic heterocycles. The number of aliphatic hydroxyl groups excluding tert-OH is 1. The molecule has 212 valence electrons. The van der Waals surface area contributed by atoms with Crippen LogP contribution < -0.4 is 16.0 Å². The van der Waals surface area contributed by atoms with E-state index in [-0.39, 0.29) is 29.7 Å². The molecular weight excluding hydrogens is 548 g/mol. The Hall–Kier alpha value is -2.74. The summed E-state index contributed by atoms with van der Waals surface area (Å²) >= 11 is 2.88. The molecule has 4 N–H and O–H groups in total. The van der Waals surface area contributed by atoms with E-state index in [0.29, 0.717) is 29.6 Å². The van der Waals surface area contributed by atoms with Crippen LogP contribution in [0.3, 0.4) is 0 Å². The van der Waals surface area contributed by atoms with Gasteiger partial charge < -0.3 is 25.4 Å². The number of anilines is 1. The maximum absolute atomic E-state index is 12.9. The van der Waals surface area contributed by atoms with Gasteiger partial charge in [-0.1, -0.05) is 35.6 Å². The Morgan fingerprint density at radius 1 is 1.10 bits per heavy atom. The summed E-state index contributed by atoms with van der Waals surface area (Å²) in [6.45, 7) is 4.13. The van der Waals surface area contributed by atoms with Gasteiger partial charge in [-0.3, -0.25) is 14.9 Å². The molecule has 40 heavy (non-hydrogen) atoms. The Labute approximate surface area is 241 Å². The summed E-state index contributed by atoms with van der Waals surface area (Å²) in [5.74, 6) is 0.278. The highest BCUT2D eigenvalue weighted by molar-refractivity contribution is 7.17. The van der Waals surface area contributed by atoms with E-state index < -0.39 is 6.23 Å². The first-order chi connectivity index (χ1) is 19.5. The third-order valence-corrected chi connectivity index (χ3v) is 9.93. The molecule has 1 unspecified atom stereocenters. The molecule has 0 bridgehead atoms. The molecule has 2 atom stereocenters. The summed E-state index contributed by atoms with van der Waals surface area (Å²) in [7, 11) is 0. The van der Waals surface area contributed by atoms with Gasteiger partial charge in [-0.15, -0.1) is 11.3 Å². The quantitative estimate of drug-likeness (QED) is 0.284. The van der Waals surface area contributed by atoms with E-state index in [1.807, 2.05) is 6.20 Å². The maximum Gasteiger partial charge on any atom is 0.282 e. The van der Waals surface area contributed by atoms with Gasteiger partial charge in [0.05, 0.1) is 22.1 Å². The number of nitrogens with one attached hydrogen (secondary N) is 3. The van der Waals surface area contributed by atoms with E-state index in [0.717, 1.165) is 66.5 Å². The van der Waals surface area contributed by atoms with Crippen LogP contribution in [0.25, 0.3) is 10.4 Å². The molecule has 12 heteroatoms. The molecular formula is C28H34N6O4S2. The van der Waals surface area contributed by atoms with Crippen LogP contribution in [0.5, 0.6) is 0 Å². The number of nitrogens with zero attached hydrogens (tertiary/aromatic N) is 3. The number of rotatable bonds is 9. The second kappa shape index (κ2) is 12.4. The van der Waals surface area contributed by atoms with Crippen molar-refractivity contribution < 1.29 is 19.4 Å². The highest BCUT2D eigenvalue weighted by Crippen LogP contribution is 2.35. The fourth-order valence-electron chi connectivity index (χ4n) is 5.30. The van der Waals surface area contributed by atoms with Crippen molar-refractivity contribution >= 4 is 39.5 Å². The Morgan fingerprint density at radius 3 is 2.65 bits per heavy atom. The summed E-state index contributed by atoms with van der Waals surface area (Å²) in [6, 6.07) is 8.17. The zero-order chi connectivity index (χ0) is 27.5. The molecule has 10 nitrogen and oxygen atoms in total. The van der Waals surface area contributed by atoms with E-state index in [4.69, 9.17) is 4.74 Å². The topological polar surface area (TPSA) is 129 Å². The van der Waals surface area contributed by atoms with Crippen LogP contribution in [0.2, 0.25) is 0 Å². The van der Waals surface area contributed by atoms with Crippen molar-refractivity contribution in [2.24, 2.45) is 5.92 Å². The summed E-state index contributed by atoms with van der Waals surface area (Å²) in [4.78, 5) is 37.0. The first-order valence-electron chi connectivity index (χ1n) is 13.9. The second-order valence-corrected chi connectivity index (χ2v) is 12.7. The molecule has 5 heterocycles. The SMILES string of the molecule is O=C(Nc1cnc(C(=O)N2CC(c3ncc(-c4ccc(CNC(O)C5CCOCC5)cc4)s3)C2)s1)[C@@H]1CCCN1. The number of likely N-dealkylation sites (tertiary alicyclic amines) is 1. The summed E-state index contributed by atoms with van der Waals surface area (Å²) in [5, 5.41) is 21.7. The van der Waals surface area contributed by atoms with Gasteiger partial charge in [0.2, 0.25) is 5.91 Å². The van der Waals surface area contributed by atoms with E-state index in [1.165, 1.54) is 11.3 Å². The standard InChI is InChI=1S/C28H34N6O4S2/c35-24(19-7-10-38-11-8-19)30-12-17-3-5-18(6-4-17)22-13-31-26(39-22)20-15-34(16-20)28(37)27-32-14-23(40-27)33-25(36)21-2-1-9-29-21/h3-6,13-14,19-21,24,29-30,35H,1-2,7-12,15-16H2,(H,33,36)/t21-,24?/m0/s1. The van der Waals surface area contributed by atoms with Crippen molar-refractivity contribution in [3.8, 4) is 10.4 Å². The number of thiazole rings is 2. The van der Waals surface area contributed by atoms with Crippen LogP contribution >= 0.6 is 22.7 Å². The lowest BCUT2D eigenvalue weighted by atomic mass is 9.98. The van der Waals surface area contributed by atoms with Gasteiger partial charge in [-0.05, 0) is 43.4 Å². The van der Waals surface area contributed by atoms with Crippen molar-refractivity contribution in [3.63, 3.8) is 0 Å². The largest absolute Gasteiger partial charge is 0.381 e. The lowest BCUT2D eigenvalue weighted by molar-refractivity contribution is -0.117. The van der Waals surface area contributed by atoms with Crippen LogP contribution in [0.4, 0.5) is 5.00 Å².